The summed E-state index contributed by atoms with van der Waals surface area (Å²) in [6.07, 6.45) is 4.70. The molecule has 2 fully saturated rings. The van der Waals surface area contributed by atoms with E-state index in [1.54, 1.807) is 11.8 Å². The number of rotatable bonds is 6. The maximum Gasteiger partial charge on any atom is 0.273 e. The number of benzene rings is 1. The van der Waals surface area contributed by atoms with E-state index in [-0.39, 0.29) is 32.8 Å². The Hall–Kier alpha value is -1.78. The van der Waals surface area contributed by atoms with Crippen molar-refractivity contribution in [1.29, 1.82) is 0 Å². The first-order valence-electron chi connectivity index (χ1n) is 10.9. The van der Waals surface area contributed by atoms with Crippen molar-refractivity contribution in [2.45, 2.75) is 74.8 Å². The van der Waals surface area contributed by atoms with Crippen molar-refractivity contribution >= 4 is 33.6 Å². The molecule has 32 heavy (non-hydrogen) atoms. The van der Waals surface area contributed by atoms with Crippen LogP contribution < -0.4 is 15.3 Å². The lowest BCUT2D eigenvalue weighted by molar-refractivity contribution is -0.136. The summed E-state index contributed by atoms with van der Waals surface area (Å²) in [6, 6.07) is 3.81. The standard InChI is InChI=1S/C22H33N3O5S2/c1-6-21(3,4)15-9-11-22(12-10-15)25(20(27)14(2)31-22)24-19(26)17-8-7-16(32(23,28)29)13-18(17)30-5/h7-8,13-15H,6,9-12H2,1-5H3,(H,24,26)(H2,23,28,29). The van der Waals surface area contributed by atoms with Crippen LogP contribution in [0.5, 0.6) is 5.75 Å². The van der Waals surface area contributed by atoms with Gasteiger partial charge in [0.25, 0.3) is 11.8 Å². The van der Waals surface area contributed by atoms with E-state index in [1.165, 1.54) is 30.3 Å². The van der Waals surface area contributed by atoms with Gasteiger partial charge in [0.15, 0.2) is 0 Å². The molecule has 10 heteroatoms. The van der Waals surface area contributed by atoms with Crippen LogP contribution in [0.1, 0.15) is 70.2 Å². The van der Waals surface area contributed by atoms with Gasteiger partial charge in [-0.1, -0.05) is 27.2 Å². The summed E-state index contributed by atoms with van der Waals surface area (Å²) in [7, 11) is -2.59. The summed E-state index contributed by atoms with van der Waals surface area (Å²) >= 11 is 1.61. The Morgan fingerprint density at radius 2 is 1.97 bits per heavy atom. The highest BCUT2D eigenvalue weighted by Gasteiger charge is 2.53. The van der Waals surface area contributed by atoms with Crippen molar-refractivity contribution in [3.63, 3.8) is 0 Å². The van der Waals surface area contributed by atoms with Crippen LogP contribution in [-0.4, -0.2) is 42.5 Å². The smallest absolute Gasteiger partial charge is 0.273 e. The van der Waals surface area contributed by atoms with Crippen molar-refractivity contribution in [2.75, 3.05) is 7.11 Å². The highest BCUT2D eigenvalue weighted by molar-refractivity contribution is 8.02. The molecule has 1 atom stereocenters. The summed E-state index contributed by atoms with van der Waals surface area (Å²) < 4.78 is 28.5. The molecule has 178 valence electrons. The van der Waals surface area contributed by atoms with Crippen molar-refractivity contribution in [3.05, 3.63) is 23.8 Å². The Morgan fingerprint density at radius 1 is 1.34 bits per heavy atom. The van der Waals surface area contributed by atoms with Crippen LogP contribution in [0, 0.1) is 11.3 Å². The molecule has 3 N–H and O–H groups in total. The summed E-state index contributed by atoms with van der Waals surface area (Å²) in [5, 5.41) is 6.43. The second-order valence-electron chi connectivity index (χ2n) is 9.34. The number of nitrogens with zero attached hydrogens (tertiary/aromatic N) is 1. The zero-order chi connectivity index (χ0) is 23.9. The van der Waals surface area contributed by atoms with Crippen LogP contribution in [0.4, 0.5) is 0 Å². The molecule has 1 saturated carbocycles. The van der Waals surface area contributed by atoms with E-state index in [2.05, 4.69) is 26.2 Å². The number of ether oxygens (including phenoxy) is 1. The Labute approximate surface area is 194 Å². The van der Waals surface area contributed by atoms with Gasteiger partial charge in [-0.3, -0.25) is 15.0 Å². The Morgan fingerprint density at radius 3 is 2.50 bits per heavy atom. The zero-order valence-electron chi connectivity index (χ0n) is 19.3. The topological polar surface area (TPSA) is 119 Å². The Bertz CT molecular complexity index is 1000. The molecule has 1 spiro atoms. The molecular weight excluding hydrogens is 450 g/mol. The van der Waals surface area contributed by atoms with E-state index in [9.17, 15) is 18.0 Å². The van der Waals surface area contributed by atoms with Crippen molar-refractivity contribution < 1.29 is 22.7 Å². The number of methoxy groups -OCH3 is 1. The van der Waals surface area contributed by atoms with Gasteiger partial charge in [0.2, 0.25) is 10.0 Å². The number of carbonyl (C=O) groups excluding carboxylic acids is 2. The molecular formula is C22H33N3O5S2. The number of hydrogen-bond acceptors (Lipinski definition) is 6. The Kier molecular flexibility index (Phi) is 6.89. The molecule has 8 nitrogen and oxygen atoms in total. The first-order valence-corrected chi connectivity index (χ1v) is 13.3. The molecule has 1 aliphatic carbocycles. The highest BCUT2D eigenvalue weighted by atomic mass is 32.2. The normalized spacial score (nSPS) is 26.4. The number of carbonyl (C=O) groups is 2. The predicted octanol–water partition coefficient (Wildman–Crippen LogP) is 3.27. The molecule has 1 aromatic rings. The quantitative estimate of drug-likeness (QED) is 0.641. The average Bonchev–Trinajstić information content (AvgIpc) is 2.96. The van der Waals surface area contributed by atoms with Gasteiger partial charge in [-0.15, -0.1) is 11.8 Å². The van der Waals surface area contributed by atoms with Gasteiger partial charge in [-0.2, -0.15) is 0 Å². The minimum Gasteiger partial charge on any atom is -0.496 e. The SMILES string of the molecule is CCC(C)(C)C1CCC2(CC1)SC(C)C(=O)N2NC(=O)c1ccc(S(N)(=O)=O)cc1OC. The zero-order valence-corrected chi connectivity index (χ0v) is 20.9. The fourth-order valence-corrected chi connectivity index (χ4v) is 6.76. The number of thioether (sulfide) groups is 1. The van der Waals surface area contributed by atoms with Crippen LogP contribution >= 0.6 is 11.8 Å². The van der Waals surface area contributed by atoms with Gasteiger partial charge in [0.05, 0.1) is 22.8 Å². The van der Waals surface area contributed by atoms with Crippen molar-refractivity contribution in [3.8, 4) is 5.75 Å². The van der Waals surface area contributed by atoms with Gasteiger partial charge in [-0.25, -0.2) is 18.6 Å². The number of hydrogen-bond donors (Lipinski definition) is 2. The number of nitrogens with two attached hydrogens (primary N) is 1. The lowest BCUT2D eigenvalue weighted by atomic mass is 9.68. The summed E-state index contributed by atoms with van der Waals surface area (Å²) in [4.78, 5) is 25.5. The van der Waals surface area contributed by atoms with Crippen LogP contribution in [0.2, 0.25) is 0 Å². The molecule has 2 aliphatic rings. The largest absolute Gasteiger partial charge is 0.496 e. The minimum atomic E-state index is -3.94. The van der Waals surface area contributed by atoms with Gasteiger partial charge >= 0.3 is 0 Å². The van der Waals surface area contributed by atoms with E-state index in [1.807, 2.05) is 6.92 Å². The van der Waals surface area contributed by atoms with Gasteiger partial charge in [-0.05, 0) is 56.1 Å². The van der Waals surface area contributed by atoms with Crippen molar-refractivity contribution in [1.82, 2.24) is 10.4 Å². The van der Waals surface area contributed by atoms with E-state index in [0.717, 1.165) is 32.1 Å². The molecule has 0 aromatic heterocycles. The maximum absolute atomic E-state index is 13.1. The van der Waals surface area contributed by atoms with Gasteiger partial charge < -0.3 is 4.74 Å². The lowest BCUT2D eigenvalue weighted by Crippen LogP contribution is -2.56. The third-order valence-electron chi connectivity index (χ3n) is 7.11. The number of nitrogens with one attached hydrogen (secondary N) is 1. The van der Waals surface area contributed by atoms with Crippen LogP contribution in [0.15, 0.2) is 23.1 Å². The Balaban J connectivity index is 1.84. The maximum atomic E-state index is 13.1. The molecule has 1 heterocycles. The first kappa shape index (κ1) is 24.9. The van der Waals surface area contributed by atoms with E-state index < -0.39 is 20.8 Å². The molecule has 0 radical (unpaired) electrons. The summed E-state index contributed by atoms with van der Waals surface area (Å²) in [5.41, 5.74) is 3.18. The predicted molar refractivity (Wildman–Crippen MR) is 124 cm³/mol. The molecule has 1 aromatic carbocycles. The second-order valence-corrected chi connectivity index (χ2v) is 12.6. The van der Waals surface area contributed by atoms with Gasteiger partial charge in [0.1, 0.15) is 10.6 Å². The lowest BCUT2D eigenvalue weighted by Gasteiger charge is -2.46. The number of hydrazine groups is 1. The third-order valence-corrected chi connectivity index (χ3v) is 9.61. The summed E-state index contributed by atoms with van der Waals surface area (Å²) in [6.45, 7) is 8.66. The van der Waals surface area contributed by atoms with E-state index >= 15 is 0 Å². The van der Waals surface area contributed by atoms with Crippen LogP contribution in [0.25, 0.3) is 0 Å². The highest BCUT2D eigenvalue weighted by Crippen LogP contribution is 2.53. The van der Waals surface area contributed by atoms with Crippen LogP contribution in [0.3, 0.4) is 0 Å². The monoisotopic (exact) mass is 483 g/mol. The fraction of sp³-hybridized carbons (Fsp3) is 0.636. The molecule has 1 unspecified atom stereocenters. The molecule has 1 aliphatic heterocycles. The molecule has 3 rings (SSSR count). The van der Waals surface area contributed by atoms with Gasteiger partial charge in [0, 0.05) is 6.07 Å². The number of sulfonamides is 1. The van der Waals surface area contributed by atoms with E-state index in [4.69, 9.17) is 9.88 Å². The van der Waals surface area contributed by atoms with Crippen LogP contribution in [-0.2, 0) is 14.8 Å². The molecule has 0 bridgehead atoms. The van der Waals surface area contributed by atoms with E-state index in [0.29, 0.717) is 5.92 Å². The third kappa shape index (κ3) is 4.63. The number of amides is 2. The molecule has 2 amide bonds. The fourth-order valence-electron chi connectivity index (χ4n) is 4.65. The molecule has 1 saturated heterocycles. The first-order chi connectivity index (χ1) is 14.8. The average molecular weight is 484 g/mol. The second kappa shape index (κ2) is 8.87. The number of primary sulfonamides is 1. The van der Waals surface area contributed by atoms with Crippen molar-refractivity contribution in [2.24, 2.45) is 16.5 Å². The minimum absolute atomic E-state index is 0.0730. The summed E-state index contributed by atoms with van der Waals surface area (Å²) in [5.74, 6) is -0.00473.